The lowest BCUT2D eigenvalue weighted by Crippen LogP contribution is -2.29. The van der Waals surface area contributed by atoms with E-state index in [9.17, 15) is 9.59 Å². The summed E-state index contributed by atoms with van der Waals surface area (Å²) in [5, 5.41) is 0. The van der Waals surface area contributed by atoms with Crippen LogP contribution in [0.1, 0.15) is 25.6 Å². The number of rotatable bonds is 3. The van der Waals surface area contributed by atoms with E-state index in [4.69, 9.17) is 0 Å². The van der Waals surface area contributed by atoms with E-state index < -0.39 is 5.69 Å². The Labute approximate surface area is 120 Å². The highest BCUT2D eigenvalue weighted by atomic mass is 32.2. The van der Waals surface area contributed by atoms with Gasteiger partial charge in [0.05, 0.1) is 0 Å². The maximum atomic E-state index is 11.8. The number of aryl methyl sites for hydroxylation is 1. The first-order valence-electron chi connectivity index (χ1n) is 6.98. The van der Waals surface area contributed by atoms with Gasteiger partial charge in [0.25, 0.3) is 5.56 Å². The van der Waals surface area contributed by atoms with Gasteiger partial charge in [0.1, 0.15) is 11.3 Å². The molecule has 1 aliphatic rings. The summed E-state index contributed by atoms with van der Waals surface area (Å²) >= 11 is 1.99. The third-order valence-corrected chi connectivity index (χ3v) is 4.87. The number of imidazole rings is 1. The topological polar surface area (TPSA) is 83.5 Å². The molecule has 0 amide bonds. The van der Waals surface area contributed by atoms with Crippen molar-refractivity contribution in [3.63, 3.8) is 0 Å². The molecule has 2 aromatic rings. The average Bonchev–Trinajstić information content (AvgIpc) is 2.84. The Bertz CT molecular complexity index is 724. The van der Waals surface area contributed by atoms with Crippen molar-refractivity contribution in [2.45, 2.75) is 32.7 Å². The fourth-order valence-corrected chi connectivity index (χ4v) is 3.91. The van der Waals surface area contributed by atoms with Crippen LogP contribution in [0.2, 0.25) is 0 Å². The monoisotopic (exact) mass is 294 g/mol. The summed E-state index contributed by atoms with van der Waals surface area (Å²) in [4.78, 5) is 33.5. The summed E-state index contributed by atoms with van der Waals surface area (Å²) in [6.45, 7) is 2.36. The van der Waals surface area contributed by atoms with Gasteiger partial charge in [-0.2, -0.15) is 11.8 Å². The first-order chi connectivity index (χ1) is 9.69. The number of H-pyrrole nitrogens is 2. The van der Waals surface area contributed by atoms with Gasteiger partial charge in [-0.25, -0.2) is 9.78 Å². The maximum absolute atomic E-state index is 11.8. The van der Waals surface area contributed by atoms with Crippen LogP contribution in [-0.4, -0.2) is 31.0 Å². The summed E-state index contributed by atoms with van der Waals surface area (Å²) in [6.07, 6.45) is 3.24. The van der Waals surface area contributed by atoms with E-state index in [0.717, 1.165) is 12.2 Å². The second-order valence-corrected chi connectivity index (χ2v) is 6.37. The standard InChI is InChI=1S/C13H18N4O2S/c1-2-17-11-10(12(18)16-13(17)19)14-9(15-11)7-8-3-5-20-6-4-8/h8H,2-7H2,1H3,(H,14,15)(H,16,18,19). The Hall–Kier alpha value is -1.50. The lowest BCUT2D eigenvalue weighted by Gasteiger charge is -2.19. The van der Waals surface area contributed by atoms with E-state index in [2.05, 4.69) is 15.0 Å². The molecular weight excluding hydrogens is 276 g/mol. The van der Waals surface area contributed by atoms with Crippen LogP contribution in [0.5, 0.6) is 0 Å². The van der Waals surface area contributed by atoms with Crippen molar-refractivity contribution in [2.24, 2.45) is 5.92 Å². The van der Waals surface area contributed by atoms with Crippen LogP contribution in [-0.2, 0) is 13.0 Å². The van der Waals surface area contributed by atoms with E-state index in [1.54, 1.807) is 0 Å². The number of fused-ring (bicyclic) bond motifs is 1. The van der Waals surface area contributed by atoms with Crippen molar-refractivity contribution in [1.82, 2.24) is 19.5 Å². The number of aromatic amines is 2. The fraction of sp³-hybridized carbons (Fsp3) is 0.615. The molecule has 0 unspecified atom stereocenters. The molecule has 1 fully saturated rings. The normalized spacial score (nSPS) is 16.9. The van der Waals surface area contributed by atoms with Crippen LogP contribution in [0.4, 0.5) is 0 Å². The fourth-order valence-electron chi connectivity index (χ4n) is 2.70. The van der Waals surface area contributed by atoms with Gasteiger partial charge in [-0.05, 0) is 37.2 Å². The van der Waals surface area contributed by atoms with Crippen LogP contribution in [0.25, 0.3) is 11.2 Å². The molecule has 3 rings (SSSR count). The highest BCUT2D eigenvalue weighted by molar-refractivity contribution is 7.99. The van der Waals surface area contributed by atoms with Crippen molar-refractivity contribution < 1.29 is 0 Å². The summed E-state index contributed by atoms with van der Waals surface area (Å²) in [5.74, 6) is 3.84. The predicted octanol–water partition coefficient (Wildman–Crippen LogP) is 1.12. The number of nitrogens with zero attached hydrogens (tertiary/aromatic N) is 2. The molecule has 108 valence electrons. The molecule has 6 nitrogen and oxygen atoms in total. The minimum absolute atomic E-state index is 0.382. The van der Waals surface area contributed by atoms with Gasteiger partial charge in [0.2, 0.25) is 0 Å². The van der Waals surface area contributed by atoms with E-state index in [1.807, 2.05) is 18.7 Å². The van der Waals surface area contributed by atoms with Gasteiger partial charge in [0, 0.05) is 13.0 Å². The average molecular weight is 294 g/mol. The van der Waals surface area contributed by atoms with Crippen molar-refractivity contribution >= 4 is 22.9 Å². The van der Waals surface area contributed by atoms with Crippen LogP contribution in [0, 0.1) is 5.92 Å². The van der Waals surface area contributed by atoms with Gasteiger partial charge >= 0.3 is 5.69 Å². The molecule has 0 saturated carbocycles. The van der Waals surface area contributed by atoms with Crippen LogP contribution in [0.15, 0.2) is 9.59 Å². The molecule has 1 saturated heterocycles. The van der Waals surface area contributed by atoms with E-state index in [0.29, 0.717) is 23.6 Å². The molecule has 2 N–H and O–H groups in total. The maximum Gasteiger partial charge on any atom is 0.330 e. The lowest BCUT2D eigenvalue weighted by atomic mass is 9.99. The third kappa shape index (κ3) is 2.42. The third-order valence-electron chi connectivity index (χ3n) is 3.82. The zero-order valence-corrected chi connectivity index (χ0v) is 12.3. The Morgan fingerprint density at radius 2 is 2.05 bits per heavy atom. The number of thioether (sulfide) groups is 1. The minimum Gasteiger partial charge on any atom is -0.336 e. The minimum atomic E-state index is -0.392. The molecule has 2 aromatic heterocycles. The van der Waals surface area contributed by atoms with Crippen LogP contribution >= 0.6 is 11.8 Å². The van der Waals surface area contributed by atoms with Crippen molar-refractivity contribution in [3.8, 4) is 0 Å². The Balaban J connectivity index is 1.99. The first kappa shape index (κ1) is 13.5. The smallest absolute Gasteiger partial charge is 0.330 e. The largest absolute Gasteiger partial charge is 0.336 e. The highest BCUT2D eigenvalue weighted by Gasteiger charge is 2.18. The van der Waals surface area contributed by atoms with Crippen molar-refractivity contribution in [2.75, 3.05) is 11.5 Å². The van der Waals surface area contributed by atoms with Gasteiger partial charge < -0.3 is 4.98 Å². The molecule has 0 aromatic carbocycles. The first-order valence-corrected chi connectivity index (χ1v) is 8.14. The second kappa shape index (κ2) is 5.47. The summed E-state index contributed by atoms with van der Waals surface area (Å²) in [6, 6.07) is 0. The molecule has 0 bridgehead atoms. The van der Waals surface area contributed by atoms with E-state index in [1.165, 1.54) is 28.9 Å². The summed E-state index contributed by atoms with van der Waals surface area (Å²) < 4.78 is 1.49. The molecule has 0 spiro atoms. The van der Waals surface area contributed by atoms with E-state index >= 15 is 0 Å². The molecule has 0 aliphatic carbocycles. The number of aromatic nitrogens is 4. The lowest BCUT2D eigenvalue weighted by molar-refractivity contribution is 0.478. The molecule has 7 heteroatoms. The number of nitrogens with one attached hydrogen (secondary N) is 2. The van der Waals surface area contributed by atoms with Gasteiger partial charge in [0.15, 0.2) is 5.65 Å². The zero-order valence-electron chi connectivity index (χ0n) is 11.4. The highest BCUT2D eigenvalue weighted by Crippen LogP contribution is 2.25. The Morgan fingerprint density at radius 1 is 1.30 bits per heavy atom. The van der Waals surface area contributed by atoms with Gasteiger partial charge in [-0.1, -0.05) is 0 Å². The van der Waals surface area contributed by atoms with E-state index in [-0.39, 0.29) is 5.56 Å². The summed E-state index contributed by atoms with van der Waals surface area (Å²) in [7, 11) is 0. The second-order valence-electron chi connectivity index (χ2n) is 5.15. The van der Waals surface area contributed by atoms with Crippen LogP contribution < -0.4 is 11.2 Å². The SMILES string of the molecule is CCn1c(=O)[nH]c(=O)c2[nH]c(CC3CCSCC3)nc21. The molecule has 20 heavy (non-hydrogen) atoms. The quantitative estimate of drug-likeness (QED) is 0.888. The zero-order chi connectivity index (χ0) is 14.1. The van der Waals surface area contributed by atoms with Crippen LogP contribution in [0.3, 0.4) is 0 Å². The van der Waals surface area contributed by atoms with Gasteiger partial charge in [-0.15, -0.1) is 0 Å². The predicted molar refractivity (Wildman–Crippen MR) is 80.4 cm³/mol. The molecular formula is C13H18N4O2S. The molecule has 3 heterocycles. The number of hydrogen-bond donors (Lipinski definition) is 2. The number of hydrogen-bond acceptors (Lipinski definition) is 4. The Kier molecular flexibility index (Phi) is 3.69. The molecule has 0 radical (unpaired) electrons. The van der Waals surface area contributed by atoms with Gasteiger partial charge in [-0.3, -0.25) is 14.3 Å². The summed E-state index contributed by atoms with van der Waals surface area (Å²) in [5.41, 5.74) is 0.109. The molecule has 0 atom stereocenters. The molecule has 1 aliphatic heterocycles. The van der Waals surface area contributed by atoms with Crippen molar-refractivity contribution in [3.05, 3.63) is 26.7 Å². The Morgan fingerprint density at radius 3 is 2.75 bits per heavy atom. The van der Waals surface area contributed by atoms with Crippen molar-refractivity contribution in [1.29, 1.82) is 0 Å².